The number of carbonyl (C=O) groups is 3. The van der Waals surface area contributed by atoms with E-state index in [1.54, 1.807) is 28.8 Å². The van der Waals surface area contributed by atoms with Gasteiger partial charge in [0.25, 0.3) is 0 Å². The van der Waals surface area contributed by atoms with Crippen LogP contribution in [-0.2, 0) is 14.4 Å². The third kappa shape index (κ3) is 4.74. The van der Waals surface area contributed by atoms with Crippen molar-refractivity contribution in [2.75, 3.05) is 43.5 Å². The number of nitriles is 1. The normalized spacial score (nSPS) is 12.3. The van der Waals surface area contributed by atoms with Crippen LogP contribution in [0.2, 0.25) is 0 Å². The van der Waals surface area contributed by atoms with Crippen molar-refractivity contribution in [1.82, 2.24) is 10.2 Å². The van der Waals surface area contributed by atoms with Gasteiger partial charge in [0.2, 0.25) is 11.8 Å². The Morgan fingerprint density at radius 1 is 1.03 bits per heavy atom. The molecule has 1 aromatic carbocycles. The van der Waals surface area contributed by atoms with Gasteiger partial charge in [0.1, 0.15) is 17.5 Å². The van der Waals surface area contributed by atoms with E-state index in [0.717, 1.165) is 11.4 Å². The zero-order valence-corrected chi connectivity index (χ0v) is 17.4. The second-order valence-corrected chi connectivity index (χ2v) is 6.68. The largest absolute Gasteiger partial charge is 0.347 e. The summed E-state index contributed by atoms with van der Waals surface area (Å²) < 4.78 is 0. The van der Waals surface area contributed by atoms with Crippen LogP contribution in [0.1, 0.15) is 26.7 Å². The predicted octanol–water partition coefficient (Wildman–Crippen LogP) is 1.64. The molecule has 0 saturated carbocycles. The number of fused-ring (bicyclic) bond motifs is 1. The van der Waals surface area contributed by atoms with Crippen LogP contribution < -0.4 is 15.1 Å². The fourth-order valence-corrected chi connectivity index (χ4v) is 3.36. The van der Waals surface area contributed by atoms with Crippen LogP contribution in [-0.4, -0.2) is 56.2 Å². The number of benzene rings is 1. The van der Waals surface area contributed by atoms with Gasteiger partial charge < -0.3 is 20.0 Å². The van der Waals surface area contributed by atoms with Gasteiger partial charge in [-0.25, -0.2) is 0 Å². The van der Waals surface area contributed by atoms with E-state index in [2.05, 4.69) is 5.32 Å². The molecule has 8 heteroatoms. The first-order chi connectivity index (χ1) is 13.8. The molecule has 0 aliphatic carbocycles. The number of Topliss-reactive ketones (excluding diaryl/α,β-unsaturated/α-hetero) is 1. The van der Waals surface area contributed by atoms with Gasteiger partial charge >= 0.3 is 0 Å². The van der Waals surface area contributed by atoms with E-state index in [1.165, 1.54) is 0 Å². The molecule has 1 N–H and O–H groups in total. The Morgan fingerprint density at radius 2 is 1.59 bits per heavy atom. The molecule has 0 bridgehead atoms. The highest BCUT2D eigenvalue weighted by Gasteiger charge is 2.31. The summed E-state index contributed by atoms with van der Waals surface area (Å²) in [6.07, 6.45) is -0.182. The van der Waals surface area contributed by atoms with E-state index in [-0.39, 0.29) is 30.9 Å². The van der Waals surface area contributed by atoms with E-state index < -0.39 is 11.7 Å². The van der Waals surface area contributed by atoms with Gasteiger partial charge in [-0.1, -0.05) is 12.1 Å². The summed E-state index contributed by atoms with van der Waals surface area (Å²) in [7, 11) is 3.60. The van der Waals surface area contributed by atoms with Crippen LogP contribution in [0, 0.1) is 11.3 Å². The van der Waals surface area contributed by atoms with Gasteiger partial charge in [-0.3, -0.25) is 14.4 Å². The van der Waals surface area contributed by atoms with Crippen molar-refractivity contribution in [3.8, 4) is 6.07 Å². The molecule has 0 aromatic heterocycles. The smallest absolute Gasteiger partial charge is 0.241 e. The Balaban J connectivity index is 2.01. The number of para-hydroxylation sites is 2. The molecule has 8 nitrogen and oxygen atoms in total. The van der Waals surface area contributed by atoms with E-state index >= 15 is 0 Å². The molecule has 154 valence electrons. The molecule has 1 heterocycles. The van der Waals surface area contributed by atoms with Crippen molar-refractivity contribution in [2.45, 2.75) is 26.7 Å². The van der Waals surface area contributed by atoms with Crippen molar-refractivity contribution >= 4 is 29.0 Å². The number of hydrogen-bond donors (Lipinski definition) is 1. The molecule has 0 fully saturated rings. The third-order valence-corrected chi connectivity index (χ3v) is 4.99. The lowest BCUT2D eigenvalue weighted by Gasteiger charge is -2.20. The molecule has 0 unspecified atom stereocenters. The lowest BCUT2D eigenvalue weighted by atomic mass is 10.1. The number of rotatable bonds is 8. The molecule has 0 radical (unpaired) electrons. The monoisotopic (exact) mass is 397 g/mol. The first-order valence-electron chi connectivity index (χ1n) is 9.64. The van der Waals surface area contributed by atoms with Crippen molar-refractivity contribution < 1.29 is 14.4 Å². The Labute approximate surface area is 171 Å². The highest BCUT2D eigenvalue weighted by atomic mass is 16.2. The first-order valence-corrected chi connectivity index (χ1v) is 9.64. The topological polar surface area (TPSA) is 96.8 Å². The van der Waals surface area contributed by atoms with Crippen molar-refractivity contribution in [2.24, 2.45) is 0 Å². The summed E-state index contributed by atoms with van der Waals surface area (Å²) >= 11 is 0. The average Bonchev–Trinajstić information content (AvgIpc) is 2.97. The summed E-state index contributed by atoms with van der Waals surface area (Å²) in [5.41, 5.74) is 1.81. The lowest BCUT2D eigenvalue weighted by Crippen LogP contribution is -2.40. The van der Waals surface area contributed by atoms with Crippen molar-refractivity contribution in [3.05, 3.63) is 35.7 Å². The van der Waals surface area contributed by atoms with E-state index in [1.807, 2.05) is 44.2 Å². The van der Waals surface area contributed by atoms with E-state index in [0.29, 0.717) is 18.9 Å². The Kier molecular flexibility index (Phi) is 7.37. The van der Waals surface area contributed by atoms with Gasteiger partial charge in [-0.05, 0) is 26.0 Å². The first kappa shape index (κ1) is 22.0. The number of likely N-dealkylation sites (N-methyl/N-ethyl adjacent to an activating group) is 1. The second kappa shape index (κ2) is 9.73. The molecule has 0 spiro atoms. The van der Waals surface area contributed by atoms with Gasteiger partial charge in [0, 0.05) is 40.0 Å². The lowest BCUT2D eigenvalue weighted by molar-refractivity contribution is -0.132. The SMILES string of the molecule is CCN(CC)C(=O)CNC(=O)CCC(=O)C(C#N)=C1N(C)c2ccccc2N1C. The van der Waals surface area contributed by atoms with Crippen LogP contribution in [0.3, 0.4) is 0 Å². The summed E-state index contributed by atoms with van der Waals surface area (Å²) in [6.45, 7) is 4.79. The third-order valence-electron chi connectivity index (χ3n) is 4.99. The Hall–Kier alpha value is -3.34. The molecule has 29 heavy (non-hydrogen) atoms. The van der Waals surface area contributed by atoms with Crippen LogP contribution in [0.4, 0.5) is 11.4 Å². The van der Waals surface area contributed by atoms with Crippen molar-refractivity contribution in [3.63, 3.8) is 0 Å². The minimum atomic E-state index is -0.403. The summed E-state index contributed by atoms with van der Waals surface area (Å²) in [5.74, 6) is -0.464. The summed E-state index contributed by atoms with van der Waals surface area (Å²) in [4.78, 5) is 41.9. The standard InChI is InChI=1S/C21H27N5O3/c1-5-26(6-2)20(29)14-23-19(28)12-11-18(27)15(13-22)21-24(3)16-9-7-8-10-17(16)25(21)4/h7-10H,5-6,11-12,14H2,1-4H3,(H,23,28). The number of nitrogens with zero attached hydrogens (tertiary/aromatic N) is 4. The highest BCUT2D eigenvalue weighted by Crippen LogP contribution is 2.40. The van der Waals surface area contributed by atoms with Gasteiger partial charge in [-0.15, -0.1) is 0 Å². The summed E-state index contributed by atoms with van der Waals surface area (Å²) in [5, 5.41) is 12.1. The molecule has 1 aromatic rings. The zero-order chi connectivity index (χ0) is 21.6. The molecule has 2 rings (SSSR count). The molecule has 0 atom stereocenters. The van der Waals surface area contributed by atoms with Gasteiger partial charge in [0.15, 0.2) is 5.78 Å². The molecular weight excluding hydrogens is 370 g/mol. The molecule has 1 aliphatic rings. The number of carbonyl (C=O) groups excluding carboxylic acids is 3. The van der Waals surface area contributed by atoms with Crippen LogP contribution in [0.15, 0.2) is 35.7 Å². The maximum atomic E-state index is 12.7. The predicted molar refractivity (Wildman–Crippen MR) is 111 cm³/mol. The average molecular weight is 397 g/mol. The van der Waals surface area contributed by atoms with Crippen LogP contribution in [0.25, 0.3) is 0 Å². The molecule has 0 saturated heterocycles. The number of ketones is 1. The van der Waals surface area contributed by atoms with Crippen LogP contribution in [0.5, 0.6) is 0 Å². The highest BCUT2D eigenvalue weighted by molar-refractivity contribution is 6.03. The maximum Gasteiger partial charge on any atom is 0.241 e. The molecular formula is C21H27N5O3. The maximum absolute atomic E-state index is 12.7. The minimum absolute atomic E-state index is 0.0122. The fraction of sp³-hybridized carbons (Fsp3) is 0.429. The number of amides is 2. The second-order valence-electron chi connectivity index (χ2n) is 6.68. The fourth-order valence-electron chi connectivity index (χ4n) is 3.36. The van der Waals surface area contributed by atoms with Gasteiger partial charge in [0.05, 0.1) is 17.9 Å². The number of allylic oxidation sites excluding steroid dienone is 1. The van der Waals surface area contributed by atoms with Crippen molar-refractivity contribution in [1.29, 1.82) is 5.26 Å². The zero-order valence-electron chi connectivity index (χ0n) is 17.4. The molecule has 2 amide bonds. The molecule has 1 aliphatic heterocycles. The quantitative estimate of drug-likeness (QED) is 0.529. The van der Waals surface area contributed by atoms with Crippen LogP contribution >= 0.6 is 0 Å². The Morgan fingerprint density at radius 3 is 2.07 bits per heavy atom. The number of anilines is 2. The number of hydrogen-bond acceptors (Lipinski definition) is 6. The van der Waals surface area contributed by atoms with E-state index in [4.69, 9.17) is 0 Å². The summed E-state index contributed by atoms with van der Waals surface area (Å²) in [6, 6.07) is 9.61. The van der Waals surface area contributed by atoms with Gasteiger partial charge in [-0.2, -0.15) is 5.26 Å². The minimum Gasteiger partial charge on any atom is -0.347 e. The number of nitrogens with one attached hydrogen (secondary N) is 1. The Bertz CT molecular complexity index is 836. The van der Waals surface area contributed by atoms with E-state index in [9.17, 15) is 19.6 Å².